The van der Waals surface area contributed by atoms with E-state index in [2.05, 4.69) is 22.4 Å². The number of hydrogen-bond donors (Lipinski definition) is 0. The SMILES string of the molecule is O=C(C1CCCN1S(=O)(=O)c1cccs1)N1CCN(CCc2cccs2)CC1. The van der Waals surface area contributed by atoms with Crippen LogP contribution in [0.4, 0.5) is 0 Å². The Kier molecular flexibility index (Phi) is 6.17. The standard InChI is InChI=1S/C19H25N3O3S3/c23-19(17-5-1-8-22(17)28(24,25)18-6-3-15-27-18)21-12-10-20(11-13-21)9-7-16-4-2-14-26-16/h2-4,6,14-15,17H,1,5,7-13H2. The van der Waals surface area contributed by atoms with Crippen LogP contribution in [0.3, 0.4) is 0 Å². The normalized spacial score (nSPS) is 22.0. The van der Waals surface area contributed by atoms with Crippen LogP contribution in [0.15, 0.2) is 39.2 Å². The fourth-order valence-electron chi connectivity index (χ4n) is 3.93. The third-order valence-corrected chi connectivity index (χ3v) is 9.70. The fraction of sp³-hybridized carbons (Fsp3) is 0.526. The van der Waals surface area contributed by atoms with Gasteiger partial charge < -0.3 is 4.90 Å². The minimum absolute atomic E-state index is 0.0319. The smallest absolute Gasteiger partial charge is 0.253 e. The number of rotatable bonds is 6. The molecule has 2 fully saturated rings. The van der Waals surface area contributed by atoms with Gasteiger partial charge in [0.25, 0.3) is 10.0 Å². The van der Waals surface area contributed by atoms with Crippen LogP contribution < -0.4 is 0 Å². The van der Waals surface area contributed by atoms with Crippen LogP contribution in [0.5, 0.6) is 0 Å². The van der Waals surface area contributed by atoms with Crippen LogP contribution in [-0.4, -0.2) is 73.7 Å². The average Bonchev–Trinajstić information content (AvgIpc) is 3.48. The molecule has 0 aliphatic carbocycles. The molecule has 1 unspecified atom stereocenters. The summed E-state index contributed by atoms with van der Waals surface area (Å²) in [6, 6.07) is 7.04. The lowest BCUT2D eigenvalue weighted by molar-refractivity contribution is -0.136. The van der Waals surface area contributed by atoms with Gasteiger partial charge >= 0.3 is 0 Å². The van der Waals surface area contributed by atoms with Crippen molar-refractivity contribution in [1.82, 2.24) is 14.1 Å². The third-order valence-electron chi connectivity index (χ3n) is 5.49. The van der Waals surface area contributed by atoms with Crippen LogP contribution in [0.2, 0.25) is 0 Å². The molecule has 28 heavy (non-hydrogen) atoms. The van der Waals surface area contributed by atoms with Gasteiger partial charge in [-0.25, -0.2) is 8.42 Å². The molecule has 0 bridgehead atoms. The predicted molar refractivity (Wildman–Crippen MR) is 112 cm³/mol. The lowest BCUT2D eigenvalue weighted by Gasteiger charge is -2.37. The molecular weight excluding hydrogens is 414 g/mol. The summed E-state index contributed by atoms with van der Waals surface area (Å²) in [4.78, 5) is 18.7. The van der Waals surface area contributed by atoms with Gasteiger partial charge in [0.1, 0.15) is 10.3 Å². The summed E-state index contributed by atoms with van der Waals surface area (Å²) in [5.74, 6) is -0.0319. The highest BCUT2D eigenvalue weighted by Gasteiger charge is 2.41. The molecule has 4 rings (SSSR count). The number of hydrogen-bond acceptors (Lipinski definition) is 6. The zero-order chi connectivity index (χ0) is 19.6. The highest BCUT2D eigenvalue weighted by Crippen LogP contribution is 2.29. The van der Waals surface area contributed by atoms with Crippen molar-refractivity contribution in [3.63, 3.8) is 0 Å². The molecule has 2 aliphatic rings. The van der Waals surface area contributed by atoms with Crippen molar-refractivity contribution >= 4 is 38.6 Å². The maximum Gasteiger partial charge on any atom is 0.253 e. The summed E-state index contributed by atoms with van der Waals surface area (Å²) in [7, 11) is -3.58. The van der Waals surface area contributed by atoms with Gasteiger partial charge in [-0.15, -0.1) is 22.7 Å². The first-order valence-electron chi connectivity index (χ1n) is 9.64. The molecule has 1 atom stereocenters. The Hall–Kier alpha value is -1.26. The number of nitrogens with zero attached hydrogens (tertiary/aromatic N) is 3. The van der Waals surface area contributed by atoms with Crippen LogP contribution >= 0.6 is 22.7 Å². The number of carbonyl (C=O) groups is 1. The lowest BCUT2D eigenvalue weighted by Crippen LogP contribution is -2.54. The Morgan fingerprint density at radius 2 is 1.79 bits per heavy atom. The van der Waals surface area contributed by atoms with E-state index in [1.165, 1.54) is 20.5 Å². The molecule has 0 saturated carbocycles. The highest BCUT2D eigenvalue weighted by atomic mass is 32.2. The van der Waals surface area contributed by atoms with Crippen LogP contribution in [0.1, 0.15) is 17.7 Å². The van der Waals surface area contributed by atoms with E-state index in [-0.39, 0.29) is 5.91 Å². The van der Waals surface area contributed by atoms with Crippen molar-refractivity contribution in [3.8, 4) is 0 Å². The van der Waals surface area contributed by atoms with E-state index < -0.39 is 16.1 Å². The van der Waals surface area contributed by atoms with Gasteiger partial charge in [-0.2, -0.15) is 4.31 Å². The fourth-order valence-corrected chi connectivity index (χ4v) is 7.39. The summed E-state index contributed by atoms with van der Waals surface area (Å²) in [5, 5.41) is 3.86. The van der Waals surface area contributed by atoms with Crippen molar-refractivity contribution in [2.24, 2.45) is 0 Å². The number of piperazine rings is 1. The molecule has 0 aromatic carbocycles. The zero-order valence-corrected chi connectivity index (χ0v) is 18.1. The third kappa shape index (κ3) is 4.18. The summed E-state index contributed by atoms with van der Waals surface area (Å²) >= 11 is 2.99. The van der Waals surface area contributed by atoms with Crippen LogP contribution in [0.25, 0.3) is 0 Å². The molecule has 9 heteroatoms. The Morgan fingerprint density at radius 1 is 1.04 bits per heavy atom. The first-order chi connectivity index (χ1) is 13.6. The largest absolute Gasteiger partial charge is 0.339 e. The van der Waals surface area contributed by atoms with E-state index in [0.29, 0.717) is 30.3 Å². The second-order valence-corrected chi connectivity index (χ2v) is 11.3. The Labute approximate surface area is 174 Å². The minimum Gasteiger partial charge on any atom is -0.339 e. The van der Waals surface area contributed by atoms with Gasteiger partial charge in [-0.3, -0.25) is 9.69 Å². The van der Waals surface area contributed by atoms with E-state index in [1.54, 1.807) is 28.8 Å². The van der Waals surface area contributed by atoms with Gasteiger partial charge in [0.2, 0.25) is 5.91 Å². The highest BCUT2D eigenvalue weighted by molar-refractivity contribution is 7.91. The number of sulfonamides is 1. The minimum atomic E-state index is -3.58. The molecular formula is C19H25N3O3S3. The molecule has 4 heterocycles. The monoisotopic (exact) mass is 439 g/mol. The van der Waals surface area contributed by atoms with Crippen LogP contribution in [-0.2, 0) is 21.2 Å². The quantitative estimate of drug-likeness (QED) is 0.693. The first-order valence-corrected chi connectivity index (χ1v) is 12.8. The molecule has 1 amide bonds. The van der Waals surface area contributed by atoms with Gasteiger partial charge in [0.15, 0.2) is 0 Å². The van der Waals surface area contributed by atoms with Crippen LogP contribution in [0, 0.1) is 0 Å². The maximum absolute atomic E-state index is 13.1. The molecule has 152 valence electrons. The maximum atomic E-state index is 13.1. The molecule has 2 aliphatic heterocycles. The summed E-state index contributed by atoms with van der Waals surface area (Å²) < 4.78 is 27.5. The average molecular weight is 440 g/mol. The Balaban J connectivity index is 1.34. The van der Waals surface area contributed by atoms with Gasteiger partial charge in [0.05, 0.1) is 0 Å². The Bertz CT molecular complexity index is 873. The first kappa shape index (κ1) is 20.0. The van der Waals surface area contributed by atoms with Crippen molar-refractivity contribution in [2.45, 2.75) is 29.5 Å². The molecule has 0 N–H and O–H groups in total. The number of amides is 1. The van der Waals surface area contributed by atoms with E-state index >= 15 is 0 Å². The predicted octanol–water partition coefficient (Wildman–Crippen LogP) is 2.35. The van der Waals surface area contributed by atoms with Crippen molar-refractivity contribution in [1.29, 1.82) is 0 Å². The van der Waals surface area contributed by atoms with E-state index in [0.717, 1.165) is 32.5 Å². The van der Waals surface area contributed by atoms with Gasteiger partial charge in [-0.05, 0) is 42.2 Å². The zero-order valence-electron chi connectivity index (χ0n) is 15.7. The summed E-state index contributed by atoms with van der Waals surface area (Å²) in [6.07, 6.45) is 2.39. The van der Waals surface area contributed by atoms with Gasteiger partial charge in [-0.1, -0.05) is 12.1 Å². The molecule has 2 aromatic rings. The van der Waals surface area contributed by atoms with Crippen molar-refractivity contribution < 1.29 is 13.2 Å². The van der Waals surface area contributed by atoms with Gasteiger partial charge in [0, 0.05) is 44.1 Å². The van der Waals surface area contributed by atoms with E-state index in [9.17, 15) is 13.2 Å². The lowest BCUT2D eigenvalue weighted by atomic mass is 10.2. The molecule has 0 radical (unpaired) electrons. The second kappa shape index (κ2) is 8.62. The molecule has 0 spiro atoms. The molecule has 2 aromatic heterocycles. The second-order valence-electron chi connectivity index (χ2n) is 7.20. The number of thiophene rings is 2. The summed E-state index contributed by atoms with van der Waals surface area (Å²) in [5.41, 5.74) is 0. The van der Waals surface area contributed by atoms with Crippen molar-refractivity contribution in [2.75, 3.05) is 39.3 Å². The number of carbonyl (C=O) groups excluding carboxylic acids is 1. The molecule has 6 nitrogen and oxygen atoms in total. The van der Waals surface area contributed by atoms with E-state index in [1.807, 2.05) is 4.90 Å². The summed E-state index contributed by atoms with van der Waals surface area (Å²) in [6.45, 7) is 4.48. The topological polar surface area (TPSA) is 60.9 Å². The van der Waals surface area contributed by atoms with Crippen molar-refractivity contribution in [3.05, 3.63) is 39.9 Å². The van der Waals surface area contributed by atoms with E-state index in [4.69, 9.17) is 0 Å². The molecule has 2 saturated heterocycles. The Morgan fingerprint density at radius 3 is 2.46 bits per heavy atom.